The van der Waals surface area contributed by atoms with E-state index in [0.717, 1.165) is 5.56 Å². The van der Waals surface area contributed by atoms with E-state index in [1.165, 1.54) is 24.8 Å². The van der Waals surface area contributed by atoms with Crippen molar-refractivity contribution < 1.29 is 9.53 Å². The van der Waals surface area contributed by atoms with Gasteiger partial charge in [0.2, 0.25) is 0 Å². The summed E-state index contributed by atoms with van der Waals surface area (Å²) in [5, 5.41) is 3.20. The number of nitrogens with one attached hydrogen (secondary N) is 1. The summed E-state index contributed by atoms with van der Waals surface area (Å²) in [6.45, 7) is 1.18. The normalized spacial score (nSPS) is 27.2. The molecule has 102 valence electrons. The largest absolute Gasteiger partial charge is 0.379 e. The van der Waals surface area contributed by atoms with E-state index in [4.69, 9.17) is 4.74 Å². The Kier molecular flexibility index (Phi) is 3.67. The summed E-state index contributed by atoms with van der Waals surface area (Å²) >= 11 is 0. The number of benzene rings is 1. The van der Waals surface area contributed by atoms with E-state index in [2.05, 4.69) is 11.4 Å². The zero-order valence-corrected chi connectivity index (χ0v) is 11.4. The molecule has 1 aliphatic carbocycles. The van der Waals surface area contributed by atoms with Gasteiger partial charge in [-0.15, -0.1) is 0 Å². The van der Waals surface area contributed by atoms with Gasteiger partial charge in [0.1, 0.15) is 0 Å². The average Bonchev–Trinajstić information content (AvgIpc) is 2.85. The Balaban J connectivity index is 1.86. The number of rotatable bonds is 4. The van der Waals surface area contributed by atoms with E-state index in [9.17, 15) is 4.79 Å². The second-order valence-electron chi connectivity index (χ2n) is 5.62. The van der Waals surface area contributed by atoms with Crippen LogP contribution in [0.15, 0.2) is 24.3 Å². The number of ketones is 1. The third-order valence-corrected chi connectivity index (χ3v) is 4.56. The van der Waals surface area contributed by atoms with Crippen LogP contribution in [0.2, 0.25) is 0 Å². The number of Topliss-reactive ketones (excluding diaryl/α,β-unsaturated/α-hetero) is 1. The Bertz CT molecular complexity index is 468. The fourth-order valence-corrected chi connectivity index (χ4v) is 3.09. The molecular weight excluding hydrogens is 238 g/mol. The van der Waals surface area contributed by atoms with E-state index in [-0.39, 0.29) is 17.7 Å². The molecular formula is C16H21NO2. The highest BCUT2D eigenvalue weighted by molar-refractivity contribution is 6.00. The highest BCUT2D eigenvalue weighted by Crippen LogP contribution is 2.38. The van der Waals surface area contributed by atoms with Crippen molar-refractivity contribution in [3.05, 3.63) is 35.4 Å². The summed E-state index contributed by atoms with van der Waals surface area (Å²) in [5.41, 5.74) is 2.17. The van der Waals surface area contributed by atoms with Crippen LogP contribution in [0.4, 0.5) is 0 Å². The monoisotopic (exact) mass is 259 g/mol. The van der Waals surface area contributed by atoms with Crippen LogP contribution in [-0.4, -0.2) is 32.1 Å². The van der Waals surface area contributed by atoms with Gasteiger partial charge in [0.25, 0.3) is 0 Å². The van der Waals surface area contributed by atoms with Gasteiger partial charge >= 0.3 is 0 Å². The summed E-state index contributed by atoms with van der Waals surface area (Å²) in [7, 11) is 1.90. The van der Waals surface area contributed by atoms with Gasteiger partial charge in [-0.2, -0.15) is 0 Å². The van der Waals surface area contributed by atoms with Crippen molar-refractivity contribution in [2.75, 3.05) is 20.3 Å². The van der Waals surface area contributed by atoms with Crippen LogP contribution >= 0.6 is 0 Å². The number of hydrogen-bond acceptors (Lipinski definition) is 3. The van der Waals surface area contributed by atoms with Crippen molar-refractivity contribution >= 4 is 5.78 Å². The molecule has 3 heteroatoms. The van der Waals surface area contributed by atoms with Gasteiger partial charge in [-0.1, -0.05) is 30.7 Å². The predicted molar refractivity (Wildman–Crippen MR) is 74.5 cm³/mol. The molecule has 0 amide bonds. The molecule has 0 aromatic heterocycles. The van der Waals surface area contributed by atoms with E-state index < -0.39 is 0 Å². The maximum atomic E-state index is 12.8. The van der Waals surface area contributed by atoms with Crippen molar-refractivity contribution in [2.24, 2.45) is 5.92 Å². The van der Waals surface area contributed by atoms with Crippen molar-refractivity contribution in [1.29, 1.82) is 0 Å². The molecule has 1 saturated heterocycles. The first-order chi connectivity index (χ1) is 9.31. The molecule has 0 spiro atoms. The quantitative estimate of drug-likeness (QED) is 0.844. The van der Waals surface area contributed by atoms with Crippen LogP contribution in [0.1, 0.15) is 41.1 Å². The van der Waals surface area contributed by atoms with Gasteiger partial charge in [0.05, 0.1) is 19.1 Å². The van der Waals surface area contributed by atoms with Crippen molar-refractivity contribution in [3.8, 4) is 0 Å². The smallest absolute Gasteiger partial charge is 0.170 e. The molecule has 0 radical (unpaired) electrons. The number of carbonyl (C=O) groups is 1. The Morgan fingerprint density at radius 3 is 2.74 bits per heavy atom. The lowest BCUT2D eigenvalue weighted by atomic mass is 9.76. The summed E-state index contributed by atoms with van der Waals surface area (Å²) in [6, 6.07) is 8.29. The summed E-state index contributed by atoms with van der Waals surface area (Å²) in [4.78, 5) is 12.8. The average molecular weight is 259 g/mol. The summed E-state index contributed by atoms with van der Waals surface area (Å²) < 4.78 is 5.46. The number of hydrogen-bond donors (Lipinski definition) is 1. The second kappa shape index (κ2) is 5.43. The standard InChI is InChI=1S/C16H21NO2/c1-17-15-10-19-9-14(15)16(18)13-8-3-2-7-12(13)11-5-4-6-11/h2-3,7-8,11,14-15,17H,4-6,9-10H2,1H3. The Morgan fingerprint density at radius 2 is 2.05 bits per heavy atom. The fraction of sp³-hybridized carbons (Fsp3) is 0.562. The maximum absolute atomic E-state index is 12.8. The minimum atomic E-state index is -0.0359. The minimum Gasteiger partial charge on any atom is -0.379 e. The fourth-order valence-electron chi connectivity index (χ4n) is 3.09. The molecule has 1 aliphatic heterocycles. The molecule has 3 nitrogen and oxygen atoms in total. The van der Waals surface area contributed by atoms with Gasteiger partial charge in [-0.25, -0.2) is 0 Å². The molecule has 1 heterocycles. The molecule has 19 heavy (non-hydrogen) atoms. The Labute approximate surface area is 114 Å². The Morgan fingerprint density at radius 1 is 1.26 bits per heavy atom. The van der Waals surface area contributed by atoms with Crippen LogP contribution in [0.25, 0.3) is 0 Å². The SMILES string of the molecule is CNC1COCC1C(=O)c1ccccc1C1CCC1. The van der Waals surface area contributed by atoms with Gasteiger partial charge in [0.15, 0.2) is 5.78 Å². The minimum absolute atomic E-state index is 0.0359. The highest BCUT2D eigenvalue weighted by Gasteiger charge is 2.35. The first-order valence-electron chi connectivity index (χ1n) is 7.19. The third kappa shape index (κ3) is 2.33. The molecule has 1 saturated carbocycles. The van der Waals surface area contributed by atoms with E-state index >= 15 is 0 Å². The predicted octanol–water partition coefficient (Wildman–Crippen LogP) is 2.37. The number of likely N-dealkylation sites (N-methyl/N-ethyl adjacent to an activating group) is 1. The van der Waals surface area contributed by atoms with Crippen LogP contribution in [-0.2, 0) is 4.74 Å². The third-order valence-electron chi connectivity index (χ3n) is 4.56. The molecule has 0 bridgehead atoms. The summed E-state index contributed by atoms with van der Waals surface area (Å²) in [5.74, 6) is 0.807. The molecule has 2 fully saturated rings. The lowest BCUT2D eigenvalue weighted by molar-refractivity contribution is 0.0890. The second-order valence-corrected chi connectivity index (χ2v) is 5.62. The Hall–Kier alpha value is -1.19. The topological polar surface area (TPSA) is 38.3 Å². The van der Waals surface area contributed by atoms with Gasteiger partial charge in [0, 0.05) is 11.6 Å². The first-order valence-corrected chi connectivity index (χ1v) is 7.19. The molecule has 3 rings (SSSR count). The maximum Gasteiger partial charge on any atom is 0.170 e. The van der Waals surface area contributed by atoms with Crippen LogP contribution in [0.5, 0.6) is 0 Å². The number of ether oxygens (including phenoxy) is 1. The van der Waals surface area contributed by atoms with Gasteiger partial charge < -0.3 is 10.1 Å². The van der Waals surface area contributed by atoms with Crippen LogP contribution in [0, 0.1) is 5.92 Å². The molecule has 1 aromatic carbocycles. The lowest BCUT2D eigenvalue weighted by Crippen LogP contribution is -2.37. The molecule has 2 atom stereocenters. The first kappa shape index (κ1) is 12.8. The highest BCUT2D eigenvalue weighted by atomic mass is 16.5. The zero-order valence-electron chi connectivity index (χ0n) is 11.4. The van der Waals surface area contributed by atoms with Crippen LogP contribution in [0.3, 0.4) is 0 Å². The van der Waals surface area contributed by atoms with Gasteiger partial charge in [-0.05, 0) is 31.4 Å². The summed E-state index contributed by atoms with van der Waals surface area (Å²) in [6.07, 6.45) is 3.74. The zero-order chi connectivity index (χ0) is 13.2. The van der Waals surface area contributed by atoms with Gasteiger partial charge in [-0.3, -0.25) is 4.79 Å². The van der Waals surface area contributed by atoms with Crippen LogP contribution < -0.4 is 5.32 Å². The van der Waals surface area contributed by atoms with E-state index in [0.29, 0.717) is 19.1 Å². The van der Waals surface area contributed by atoms with E-state index in [1.807, 2.05) is 25.2 Å². The molecule has 2 aliphatic rings. The number of carbonyl (C=O) groups excluding carboxylic acids is 1. The lowest BCUT2D eigenvalue weighted by Gasteiger charge is -2.28. The van der Waals surface area contributed by atoms with Crippen molar-refractivity contribution in [1.82, 2.24) is 5.32 Å². The molecule has 1 aromatic rings. The molecule has 1 N–H and O–H groups in total. The van der Waals surface area contributed by atoms with Crippen molar-refractivity contribution in [3.63, 3.8) is 0 Å². The molecule has 2 unspecified atom stereocenters. The van der Waals surface area contributed by atoms with Crippen molar-refractivity contribution in [2.45, 2.75) is 31.2 Å². The van der Waals surface area contributed by atoms with E-state index in [1.54, 1.807) is 0 Å².